The number of hydrogen-bond acceptors (Lipinski definition) is 4. The van der Waals surface area contributed by atoms with E-state index in [2.05, 4.69) is 63.6 Å². The summed E-state index contributed by atoms with van der Waals surface area (Å²) in [6.07, 6.45) is 11.2. The first kappa shape index (κ1) is 28.8. The molecule has 0 spiro atoms. The molecule has 1 amide bonds. The number of amides is 1. The topological polar surface area (TPSA) is 115 Å². The zero-order valence-corrected chi connectivity index (χ0v) is 23.7. The predicted molar refractivity (Wildman–Crippen MR) is 165 cm³/mol. The van der Waals surface area contributed by atoms with Gasteiger partial charge in [0, 0.05) is 54.4 Å². The number of guanidine groups is 1. The van der Waals surface area contributed by atoms with Crippen molar-refractivity contribution in [1.29, 1.82) is 0 Å². The minimum absolute atomic E-state index is 0.165. The van der Waals surface area contributed by atoms with Crippen molar-refractivity contribution >= 4 is 29.1 Å². The molecule has 2 aromatic rings. The molecule has 2 aliphatic rings. The van der Waals surface area contributed by atoms with Crippen molar-refractivity contribution in [3.8, 4) is 0 Å². The van der Waals surface area contributed by atoms with Crippen molar-refractivity contribution in [2.75, 3.05) is 37.0 Å². The summed E-state index contributed by atoms with van der Waals surface area (Å²) in [7, 11) is 1.63. The van der Waals surface area contributed by atoms with Gasteiger partial charge in [-0.3, -0.25) is 9.79 Å². The fourth-order valence-electron chi connectivity index (χ4n) is 4.79. The van der Waals surface area contributed by atoms with E-state index >= 15 is 0 Å². The first-order chi connectivity index (χ1) is 19.5. The summed E-state index contributed by atoms with van der Waals surface area (Å²) in [4.78, 5) is 24.2. The number of nitrogens with one attached hydrogen (secondary N) is 2. The lowest BCUT2D eigenvalue weighted by molar-refractivity contribution is 0.0968. The van der Waals surface area contributed by atoms with Crippen LogP contribution in [0.25, 0.3) is 0 Å². The Morgan fingerprint density at radius 1 is 1.15 bits per heavy atom. The van der Waals surface area contributed by atoms with Crippen LogP contribution in [0.5, 0.6) is 0 Å². The summed E-state index contributed by atoms with van der Waals surface area (Å²) in [5.74, 6) is 0.898. The zero-order chi connectivity index (χ0) is 28.5. The van der Waals surface area contributed by atoms with Gasteiger partial charge in [0.25, 0.3) is 5.91 Å². The van der Waals surface area contributed by atoms with Crippen LogP contribution in [0, 0.1) is 0 Å². The molecule has 2 aromatic carbocycles. The maximum Gasteiger partial charge on any atom is 0.255 e. The van der Waals surface area contributed by atoms with E-state index in [9.17, 15) is 9.90 Å². The number of aryl methyl sites for hydroxylation is 1. The highest BCUT2D eigenvalue weighted by Gasteiger charge is 2.25. The first-order valence-electron chi connectivity index (χ1n) is 14.0. The molecule has 210 valence electrons. The predicted octanol–water partition coefficient (Wildman–Crippen LogP) is 4.90. The minimum atomic E-state index is -0.331. The lowest BCUT2D eigenvalue weighted by atomic mass is 9.97. The van der Waals surface area contributed by atoms with Crippen molar-refractivity contribution in [2.24, 2.45) is 15.7 Å². The highest BCUT2D eigenvalue weighted by Crippen LogP contribution is 2.40. The fraction of sp³-hybridized carbons (Fsp3) is 0.344. The molecule has 1 aliphatic carbocycles. The van der Waals surface area contributed by atoms with Crippen LogP contribution in [0.15, 0.2) is 88.0 Å². The number of amidine groups is 1. The van der Waals surface area contributed by atoms with Crippen molar-refractivity contribution in [3.63, 3.8) is 0 Å². The van der Waals surface area contributed by atoms with E-state index in [-0.39, 0.29) is 18.3 Å². The number of aliphatic hydroxyl groups excluding tert-OH is 1. The van der Waals surface area contributed by atoms with E-state index in [1.165, 1.54) is 24.6 Å². The number of nitrogens with two attached hydrogens (primary N) is 1. The van der Waals surface area contributed by atoms with Gasteiger partial charge >= 0.3 is 0 Å². The largest absolute Gasteiger partial charge is 0.392 e. The molecule has 8 heteroatoms. The zero-order valence-electron chi connectivity index (χ0n) is 23.7. The Morgan fingerprint density at radius 2 is 1.90 bits per heavy atom. The highest BCUT2D eigenvalue weighted by atomic mass is 16.3. The molecule has 0 aromatic heterocycles. The molecule has 0 unspecified atom stereocenters. The number of fused-ring (bicyclic) bond motifs is 1. The van der Waals surface area contributed by atoms with Crippen LogP contribution in [0.3, 0.4) is 0 Å². The van der Waals surface area contributed by atoms with E-state index in [1.54, 1.807) is 7.05 Å². The molecule has 1 aliphatic heterocycles. The van der Waals surface area contributed by atoms with Gasteiger partial charge in [-0.15, -0.1) is 0 Å². The second kappa shape index (κ2) is 13.8. The molecule has 0 radical (unpaired) electrons. The van der Waals surface area contributed by atoms with Gasteiger partial charge in [0.05, 0.1) is 6.61 Å². The Labute approximate surface area is 237 Å². The number of anilines is 2. The maximum absolute atomic E-state index is 13.1. The number of nitrogens with zero attached hydrogens (tertiary/aromatic N) is 3. The summed E-state index contributed by atoms with van der Waals surface area (Å²) in [6.45, 7) is 5.80. The number of aliphatic hydroxyl groups is 1. The molecule has 1 fully saturated rings. The third kappa shape index (κ3) is 7.27. The Bertz CT molecular complexity index is 1350. The third-order valence-electron chi connectivity index (χ3n) is 7.26. The summed E-state index contributed by atoms with van der Waals surface area (Å²) in [6, 6.07) is 14.2. The molecule has 8 nitrogen and oxygen atoms in total. The number of rotatable bonds is 7. The van der Waals surface area contributed by atoms with Crippen molar-refractivity contribution < 1.29 is 9.90 Å². The summed E-state index contributed by atoms with van der Waals surface area (Å²) < 4.78 is 0. The Kier molecular flexibility index (Phi) is 9.91. The van der Waals surface area contributed by atoms with Crippen LogP contribution in [-0.4, -0.2) is 49.6 Å². The van der Waals surface area contributed by atoms with Crippen LogP contribution < -0.4 is 21.3 Å². The van der Waals surface area contributed by atoms with Gasteiger partial charge in [-0.25, -0.2) is 0 Å². The number of allylic oxidation sites excluding steroid dienone is 3. The quantitative estimate of drug-likeness (QED) is 0.295. The second-order valence-corrected chi connectivity index (χ2v) is 9.93. The molecule has 1 saturated carbocycles. The van der Waals surface area contributed by atoms with E-state index in [4.69, 9.17) is 5.73 Å². The Balaban J connectivity index is 1.55. The molecule has 0 saturated heterocycles. The van der Waals surface area contributed by atoms with Gasteiger partial charge in [0.2, 0.25) is 5.96 Å². The third-order valence-corrected chi connectivity index (χ3v) is 7.26. The fourth-order valence-corrected chi connectivity index (χ4v) is 4.79. The lowest BCUT2D eigenvalue weighted by Gasteiger charge is -2.21. The smallest absolute Gasteiger partial charge is 0.255 e. The number of benzene rings is 2. The van der Waals surface area contributed by atoms with Gasteiger partial charge in [0.1, 0.15) is 5.84 Å². The average molecular weight is 541 g/mol. The highest BCUT2D eigenvalue weighted by molar-refractivity contribution is 6.10. The van der Waals surface area contributed by atoms with Crippen molar-refractivity contribution in [1.82, 2.24) is 5.32 Å². The SMILES string of the molecule is CCN(CC)c1ccc(NC(=NC)N=C(N)C2=C/C=C\CCc3cc(C4CC4)ccc3C(=O)N\C=C\2CO)cc1. The number of hydrogen-bond donors (Lipinski definition) is 4. The van der Waals surface area contributed by atoms with Gasteiger partial charge < -0.3 is 26.4 Å². The number of aliphatic imine (C=N–C) groups is 2. The maximum atomic E-state index is 13.1. The number of carbonyl (C=O) groups excluding carboxylic acids is 1. The Hall–Kier alpha value is -4.17. The van der Waals surface area contributed by atoms with Gasteiger partial charge in [-0.05, 0) is 86.9 Å². The average Bonchev–Trinajstić information content (AvgIpc) is 3.82. The van der Waals surface area contributed by atoms with E-state index in [0.29, 0.717) is 28.6 Å². The minimum Gasteiger partial charge on any atom is -0.392 e. The van der Waals surface area contributed by atoms with Gasteiger partial charge in [-0.2, -0.15) is 4.99 Å². The molecule has 5 N–H and O–H groups in total. The Morgan fingerprint density at radius 3 is 2.55 bits per heavy atom. The first-order valence-corrected chi connectivity index (χ1v) is 14.0. The normalized spacial score (nSPS) is 20.1. The van der Waals surface area contributed by atoms with Gasteiger partial charge in [-0.1, -0.05) is 30.4 Å². The second-order valence-electron chi connectivity index (χ2n) is 9.93. The van der Waals surface area contributed by atoms with E-state index in [1.807, 2.05) is 36.4 Å². The molecular formula is C32H40N6O2. The van der Waals surface area contributed by atoms with Gasteiger partial charge in [0.15, 0.2) is 0 Å². The standard InChI is InChI=1S/C32H40N6O2/c1-4-38(5-2)27-16-14-26(15-17-27)36-32(34-3)37-30(33)28-10-8-6-7-9-24-19-23(22-11-12-22)13-18-29(24)31(40)35-20-25(28)21-39/h6,8,10,13-20,22,39H,4-5,7,9,11-12,21H2,1-3H3,(H,35,40)(H3,33,34,36,37)/b8-6-,25-20+,28-10+. The van der Waals surface area contributed by atoms with Crippen LogP contribution in [0.4, 0.5) is 11.4 Å². The summed E-state index contributed by atoms with van der Waals surface area (Å²) >= 11 is 0. The van der Waals surface area contributed by atoms with E-state index in [0.717, 1.165) is 42.9 Å². The molecule has 0 bridgehead atoms. The molecular weight excluding hydrogens is 500 g/mol. The van der Waals surface area contributed by atoms with Crippen molar-refractivity contribution in [3.05, 3.63) is 94.7 Å². The lowest BCUT2D eigenvalue weighted by Crippen LogP contribution is -2.25. The molecule has 4 rings (SSSR count). The van der Waals surface area contributed by atoms with Crippen molar-refractivity contribution in [2.45, 2.75) is 45.4 Å². The summed E-state index contributed by atoms with van der Waals surface area (Å²) in [5, 5.41) is 16.2. The van der Waals surface area contributed by atoms with Crippen LogP contribution in [-0.2, 0) is 6.42 Å². The van der Waals surface area contributed by atoms with Crippen LogP contribution in [0.1, 0.15) is 60.5 Å². The number of carbonyl (C=O) groups is 1. The monoisotopic (exact) mass is 540 g/mol. The molecule has 0 atom stereocenters. The molecule has 1 heterocycles. The van der Waals surface area contributed by atoms with Crippen LogP contribution >= 0.6 is 0 Å². The van der Waals surface area contributed by atoms with E-state index < -0.39 is 0 Å². The summed E-state index contributed by atoms with van der Waals surface area (Å²) in [5.41, 5.74) is 12.4. The van der Waals surface area contributed by atoms with Crippen LogP contribution in [0.2, 0.25) is 0 Å². The molecule has 40 heavy (non-hydrogen) atoms.